The molecule has 2 nitrogen and oxygen atoms in total. The van der Waals surface area contributed by atoms with E-state index in [9.17, 15) is 0 Å². The van der Waals surface area contributed by atoms with E-state index in [1.54, 1.807) is 6.26 Å². The summed E-state index contributed by atoms with van der Waals surface area (Å²) in [7, 11) is 0. The fourth-order valence-corrected chi connectivity index (χ4v) is 1.23. The Bertz CT molecular complexity index is 216. The van der Waals surface area contributed by atoms with Crippen LogP contribution < -0.4 is 5.32 Å². The smallest absolute Gasteiger partial charge is 0.120 e. The van der Waals surface area contributed by atoms with Crippen LogP contribution in [-0.2, 0) is 0 Å². The Morgan fingerprint density at radius 1 is 1.38 bits per heavy atom. The van der Waals surface area contributed by atoms with Crippen LogP contribution in [0.25, 0.3) is 0 Å². The summed E-state index contributed by atoms with van der Waals surface area (Å²) in [6.07, 6.45) is 2.93. The first-order valence-corrected chi connectivity index (χ1v) is 4.97. The van der Waals surface area contributed by atoms with Gasteiger partial charge < -0.3 is 9.73 Å². The summed E-state index contributed by atoms with van der Waals surface area (Å²) in [6, 6.07) is 4.26. The van der Waals surface area contributed by atoms with E-state index in [0.717, 1.165) is 18.2 Å². The molecule has 0 aromatic carbocycles. The fourth-order valence-electron chi connectivity index (χ4n) is 1.23. The van der Waals surface area contributed by atoms with E-state index in [0.29, 0.717) is 6.04 Å². The van der Waals surface area contributed by atoms with Crippen molar-refractivity contribution in [3.63, 3.8) is 0 Å². The van der Waals surface area contributed by atoms with Gasteiger partial charge in [-0.3, -0.25) is 0 Å². The van der Waals surface area contributed by atoms with Crippen LogP contribution in [0.5, 0.6) is 0 Å². The molecule has 74 valence electrons. The molecule has 0 radical (unpaired) electrons. The third-order valence-corrected chi connectivity index (χ3v) is 2.14. The zero-order chi connectivity index (χ0) is 9.68. The van der Waals surface area contributed by atoms with Crippen molar-refractivity contribution >= 4 is 0 Å². The Hall–Kier alpha value is -0.760. The first-order chi connectivity index (χ1) is 6.20. The second-order valence-electron chi connectivity index (χ2n) is 3.87. The minimum absolute atomic E-state index is 0.328. The second kappa shape index (κ2) is 5.07. The molecule has 0 amide bonds. The van der Waals surface area contributed by atoms with Gasteiger partial charge >= 0.3 is 0 Å². The molecule has 13 heavy (non-hydrogen) atoms. The first kappa shape index (κ1) is 10.3. The summed E-state index contributed by atoms with van der Waals surface area (Å²) in [4.78, 5) is 0. The topological polar surface area (TPSA) is 25.2 Å². The third kappa shape index (κ3) is 3.64. The van der Waals surface area contributed by atoms with Gasteiger partial charge in [-0.1, -0.05) is 13.8 Å². The molecule has 0 bridgehead atoms. The quantitative estimate of drug-likeness (QED) is 0.755. The van der Waals surface area contributed by atoms with E-state index in [1.165, 1.54) is 6.42 Å². The Morgan fingerprint density at radius 3 is 2.69 bits per heavy atom. The van der Waals surface area contributed by atoms with Crippen LogP contribution in [-0.4, -0.2) is 6.54 Å². The zero-order valence-electron chi connectivity index (χ0n) is 8.71. The summed E-state index contributed by atoms with van der Waals surface area (Å²) in [5, 5.41) is 3.42. The second-order valence-corrected chi connectivity index (χ2v) is 3.87. The highest BCUT2D eigenvalue weighted by atomic mass is 16.3. The lowest BCUT2D eigenvalue weighted by molar-refractivity contribution is 0.417. The van der Waals surface area contributed by atoms with Crippen LogP contribution in [0.4, 0.5) is 0 Å². The predicted octanol–water partition coefficient (Wildman–Crippen LogP) is 2.98. The van der Waals surface area contributed by atoms with Crippen molar-refractivity contribution < 1.29 is 4.42 Å². The fraction of sp³-hybridized carbons (Fsp3) is 0.636. The highest BCUT2D eigenvalue weighted by molar-refractivity contribution is 5.02. The maximum atomic E-state index is 5.29. The maximum absolute atomic E-state index is 5.29. The number of hydrogen-bond acceptors (Lipinski definition) is 2. The molecule has 1 unspecified atom stereocenters. The molecule has 0 spiro atoms. The normalized spacial score (nSPS) is 13.5. The van der Waals surface area contributed by atoms with Gasteiger partial charge in [-0.05, 0) is 37.9 Å². The van der Waals surface area contributed by atoms with E-state index in [4.69, 9.17) is 4.42 Å². The van der Waals surface area contributed by atoms with E-state index in [-0.39, 0.29) is 0 Å². The molecule has 1 aromatic rings. The SMILES string of the molecule is CC(C)CCNC(C)c1ccco1. The lowest BCUT2D eigenvalue weighted by Crippen LogP contribution is -2.20. The molecule has 1 heterocycles. The van der Waals surface area contributed by atoms with E-state index >= 15 is 0 Å². The molecule has 0 aliphatic heterocycles. The van der Waals surface area contributed by atoms with Crippen molar-refractivity contribution in [1.82, 2.24) is 5.32 Å². The molecule has 1 N–H and O–H groups in total. The van der Waals surface area contributed by atoms with Gasteiger partial charge in [0.15, 0.2) is 0 Å². The summed E-state index contributed by atoms with van der Waals surface area (Å²) in [6.45, 7) is 7.65. The largest absolute Gasteiger partial charge is 0.468 e. The predicted molar refractivity (Wildman–Crippen MR) is 54.6 cm³/mol. The third-order valence-electron chi connectivity index (χ3n) is 2.14. The Balaban J connectivity index is 2.22. The van der Waals surface area contributed by atoms with Crippen LogP contribution >= 0.6 is 0 Å². The van der Waals surface area contributed by atoms with Gasteiger partial charge in [-0.15, -0.1) is 0 Å². The highest BCUT2D eigenvalue weighted by Gasteiger charge is 2.06. The number of nitrogens with one attached hydrogen (secondary N) is 1. The van der Waals surface area contributed by atoms with Crippen LogP contribution in [0, 0.1) is 5.92 Å². The zero-order valence-corrected chi connectivity index (χ0v) is 8.71. The van der Waals surface area contributed by atoms with Crippen LogP contribution in [0.1, 0.15) is 39.0 Å². The van der Waals surface area contributed by atoms with Gasteiger partial charge in [0.1, 0.15) is 5.76 Å². The molecule has 0 saturated heterocycles. The average Bonchev–Trinajstić information content (AvgIpc) is 2.55. The van der Waals surface area contributed by atoms with Gasteiger partial charge in [-0.2, -0.15) is 0 Å². The monoisotopic (exact) mass is 181 g/mol. The highest BCUT2D eigenvalue weighted by Crippen LogP contribution is 2.12. The van der Waals surface area contributed by atoms with E-state index < -0.39 is 0 Å². The molecule has 0 fully saturated rings. The van der Waals surface area contributed by atoms with Crippen LogP contribution in [0.3, 0.4) is 0 Å². The molecule has 1 atom stereocenters. The van der Waals surface area contributed by atoms with Gasteiger partial charge in [0.2, 0.25) is 0 Å². The summed E-state index contributed by atoms with van der Waals surface area (Å²) in [5.74, 6) is 1.78. The Labute approximate surface area is 80.3 Å². The standard InChI is InChI=1S/C11H19NO/c1-9(2)6-7-12-10(3)11-5-4-8-13-11/h4-5,8-10,12H,6-7H2,1-3H3. The molecule has 1 rings (SSSR count). The minimum Gasteiger partial charge on any atom is -0.468 e. The molecule has 1 aromatic heterocycles. The lowest BCUT2D eigenvalue weighted by atomic mass is 10.1. The van der Waals surface area contributed by atoms with Gasteiger partial charge in [0, 0.05) is 0 Å². The summed E-state index contributed by atoms with van der Waals surface area (Å²) >= 11 is 0. The van der Waals surface area contributed by atoms with Gasteiger partial charge in [0.25, 0.3) is 0 Å². The number of furan rings is 1. The number of rotatable bonds is 5. The van der Waals surface area contributed by atoms with Crippen molar-refractivity contribution in [2.45, 2.75) is 33.2 Å². The van der Waals surface area contributed by atoms with Crippen molar-refractivity contribution in [1.29, 1.82) is 0 Å². The maximum Gasteiger partial charge on any atom is 0.120 e. The Morgan fingerprint density at radius 2 is 2.15 bits per heavy atom. The van der Waals surface area contributed by atoms with Crippen molar-refractivity contribution in [2.24, 2.45) is 5.92 Å². The van der Waals surface area contributed by atoms with Gasteiger partial charge in [-0.25, -0.2) is 0 Å². The van der Waals surface area contributed by atoms with Crippen molar-refractivity contribution in [3.05, 3.63) is 24.2 Å². The molecule has 0 aliphatic rings. The van der Waals surface area contributed by atoms with Gasteiger partial charge in [0.05, 0.1) is 12.3 Å². The van der Waals surface area contributed by atoms with E-state index in [1.807, 2.05) is 12.1 Å². The lowest BCUT2D eigenvalue weighted by Gasteiger charge is -2.12. The van der Waals surface area contributed by atoms with Crippen LogP contribution in [0.15, 0.2) is 22.8 Å². The molecule has 0 saturated carbocycles. The summed E-state index contributed by atoms with van der Waals surface area (Å²) in [5.41, 5.74) is 0. The van der Waals surface area contributed by atoms with E-state index in [2.05, 4.69) is 26.1 Å². The summed E-state index contributed by atoms with van der Waals surface area (Å²) < 4.78 is 5.29. The molecular formula is C11H19NO. The van der Waals surface area contributed by atoms with Crippen molar-refractivity contribution in [3.8, 4) is 0 Å². The minimum atomic E-state index is 0.328. The Kier molecular flexibility index (Phi) is 4.03. The molecule has 2 heteroatoms. The van der Waals surface area contributed by atoms with Crippen molar-refractivity contribution in [2.75, 3.05) is 6.54 Å². The molecule has 0 aliphatic carbocycles. The first-order valence-electron chi connectivity index (χ1n) is 4.97. The van der Waals surface area contributed by atoms with Crippen LogP contribution in [0.2, 0.25) is 0 Å². The number of hydrogen-bond donors (Lipinski definition) is 1. The average molecular weight is 181 g/mol. The molecular weight excluding hydrogens is 162 g/mol.